The molecule has 1 aliphatic rings. The molecule has 0 aromatic heterocycles. The second-order valence-electron chi connectivity index (χ2n) is 5.01. The van der Waals surface area contributed by atoms with Gasteiger partial charge < -0.3 is 14.8 Å². The highest BCUT2D eigenvalue weighted by Crippen LogP contribution is 2.34. The fraction of sp³-hybridized carbons (Fsp3) is 0.235. The van der Waals surface area contributed by atoms with Crippen LogP contribution in [0.15, 0.2) is 42.5 Å². The van der Waals surface area contributed by atoms with E-state index in [-0.39, 0.29) is 18.5 Å². The summed E-state index contributed by atoms with van der Waals surface area (Å²) in [7, 11) is 0. The van der Waals surface area contributed by atoms with E-state index in [4.69, 9.17) is 9.47 Å². The van der Waals surface area contributed by atoms with Crippen LogP contribution < -0.4 is 14.8 Å². The van der Waals surface area contributed by atoms with Crippen molar-refractivity contribution in [3.05, 3.63) is 53.8 Å². The number of carbonyl (C=O) groups is 1. The average Bonchev–Trinajstić information content (AvgIpc) is 3.01. The molecule has 1 aliphatic heterocycles. The molecule has 2 aromatic rings. The van der Waals surface area contributed by atoms with E-state index in [1.54, 1.807) is 30.3 Å². The number of benzene rings is 2. The number of nitrogens with one attached hydrogen (secondary N) is 1. The maximum Gasteiger partial charge on any atom is 0.231 e. The number of hydrogen-bond donors (Lipinski definition) is 1. The first-order valence-corrected chi connectivity index (χ1v) is 8.38. The highest BCUT2D eigenvalue weighted by molar-refractivity contribution is 7.98. The molecular formula is C17H16FNO3S. The van der Waals surface area contributed by atoms with Crippen LogP contribution >= 0.6 is 11.8 Å². The molecule has 3 rings (SSSR count). The number of anilines is 1. The summed E-state index contributed by atoms with van der Waals surface area (Å²) in [5.41, 5.74) is 1.34. The van der Waals surface area contributed by atoms with Crippen LogP contribution in [0.1, 0.15) is 12.0 Å². The van der Waals surface area contributed by atoms with Crippen molar-refractivity contribution in [2.24, 2.45) is 0 Å². The maximum atomic E-state index is 13.5. The third-order valence-electron chi connectivity index (χ3n) is 3.35. The van der Waals surface area contributed by atoms with Gasteiger partial charge in [-0.25, -0.2) is 4.39 Å². The van der Waals surface area contributed by atoms with E-state index >= 15 is 0 Å². The van der Waals surface area contributed by atoms with Gasteiger partial charge in [-0.1, -0.05) is 18.2 Å². The van der Waals surface area contributed by atoms with Gasteiger partial charge in [0.25, 0.3) is 0 Å². The number of amides is 1. The lowest BCUT2D eigenvalue weighted by molar-refractivity contribution is -0.115. The molecule has 0 radical (unpaired) electrons. The van der Waals surface area contributed by atoms with Crippen molar-refractivity contribution < 1.29 is 18.7 Å². The van der Waals surface area contributed by atoms with E-state index in [1.165, 1.54) is 17.8 Å². The number of fused-ring (bicyclic) bond motifs is 1. The average molecular weight is 333 g/mol. The van der Waals surface area contributed by atoms with Gasteiger partial charge in [-0.15, -0.1) is 0 Å². The Hall–Kier alpha value is -2.21. The lowest BCUT2D eigenvalue weighted by Crippen LogP contribution is -2.12. The van der Waals surface area contributed by atoms with Crippen molar-refractivity contribution in [2.45, 2.75) is 12.2 Å². The van der Waals surface area contributed by atoms with E-state index in [2.05, 4.69) is 5.32 Å². The van der Waals surface area contributed by atoms with Crippen LogP contribution in [0.2, 0.25) is 0 Å². The molecule has 0 saturated heterocycles. The Morgan fingerprint density at radius 2 is 2.00 bits per heavy atom. The van der Waals surface area contributed by atoms with Crippen LogP contribution in [-0.2, 0) is 10.5 Å². The van der Waals surface area contributed by atoms with Crippen molar-refractivity contribution in [1.82, 2.24) is 0 Å². The van der Waals surface area contributed by atoms with E-state index in [1.807, 2.05) is 6.07 Å². The zero-order chi connectivity index (χ0) is 16.1. The Labute approximate surface area is 138 Å². The van der Waals surface area contributed by atoms with Crippen molar-refractivity contribution in [1.29, 1.82) is 0 Å². The van der Waals surface area contributed by atoms with Gasteiger partial charge in [-0.05, 0) is 23.8 Å². The van der Waals surface area contributed by atoms with Gasteiger partial charge >= 0.3 is 0 Å². The second kappa shape index (κ2) is 7.37. The summed E-state index contributed by atoms with van der Waals surface area (Å²) in [5.74, 6) is 2.23. The number of carbonyl (C=O) groups excluding carboxylic acids is 1. The van der Waals surface area contributed by atoms with E-state index in [0.29, 0.717) is 40.7 Å². The van der Waals surface area contributed by atoms with Gasteiger partial charge in [0.2, 0.25) is 12.7 Å². The normalized spacial score (nSPS) is 12.2. The Kier molecular flexibility index (Phi) is 5.02. The zero-order valence-electron chi connectivity index (χ0n) is 12.4. The third kappa shape index (κ3) is 4.16. The number of rotatable bonds is 6. The van der Waals surface area contributed by atoms with Crippen LogP contribution in [-0.4, -0.2) is 18.5 Å². The number of thioether (sulfide) groups is 1. The molecule has 0 aliphatic carbocycles. The van der Waals surface area contributed by atoms with Crippen LogP contribution in [0.4, 0.5) is 10.1 Å². The molecule has 0 spiro atoms. The van der Waals surface area contributed by atoms with E-state index in [9.17, 15) is 9.18 Å². The molecule has 1 N–H and O–H groups in total. The van der Waals surface area contributed by atoms with Crippen LogP contribution in [0, 0.1) is 5.82 Å². The SMILES string of the molecule is O=C(CCSCc1ccccc1F)Nc1ccc2c(c1)OCO2. The van der Waals surface area contributed by atoms with Crippen LogP contribution in [0.25, 0.3) is 0 Å². The van der Waals surface area contributed by atoms with E-state index in [0.717, 1.165) is 0 Å². The summed E-state index contributed by atoms with van der Waals surface area (Å²) in [6.07, 6.45) is 0.369. The van der Waals surface area contributed by atoms with Gasteiger partial charge in [-0.2, -0.15) is 11.8 Å². The first kappa shape index (κ1) is 15.7. The summed E-state index contributed by atoms with van der Waals surface area (Å²) < 4.78 is 23.9. The van der Waals surface area contributed by atoms with Gasteiger partial charge in [-0.3, -0.25) is 4.79 Å². The lowest BCUT2D eigenvalue weighted by atomic mass is 10.2. The standard InChI is InChI=1S/C17H16FNO3S/c18-14-4-2-1-3-12(14)10-23-8-7-17(20)19-13-5-6-15-16(9-13)22-11-21-15/h1-6,9H,7-8,10-11H2,(H,19,20). The fourth-order valence-electron chi connectivity index (χ4n) is 2.16. The van der Waals surface area contributed by atoms with Crippen molar-refractivity contribution in [3.63, 3.8) is 0 Å². The molecule has 120 valence electrons. The van der Waals surface area contributed by atoms with Crippen molar-refractivity contribution in [2.75, 3.05) is 17.9 Å². The summed E-state index contributed by atoms with van der Waals surface area (Å²) in [4.78, 5) is 11.9. The third-order valence-corrected chi connectivity index (χ3v) is 4.35. The topological polar surface area (TPSA) is 47.6 Å². The molecule has 1 amide bonds. The highest BCUT2D eigenvalue weighted by atomic mass is 32.2. The minimum atomic E-state index is -0.204. The molecule has 0 fully saturated rings. The van der Waals surface area contributed by atoms with Crippen molar-refractivity contribution >= 4 is 23.4 Å². The van der Waals surface area contributed by atoms with E-state index < -0.39 is 0 Å². The molecule has 0 atom stereocenters. The largest absolute Gasteiger partial charge is 0.454 e. The Morgan fingerprint density at radius 3 is 2.87 bits per heavy atom. The summed E-state index contributed by atoms with van der Waals surface area (Å²) in [5, 5.41) is 2.82. The van der Waals surface area contributed by atoms with Gasteiger partial charge in [0.05, 0.1) is 0 Å². The fourth-order valence-corrected chi connectivity index (χ4v) is 3.09. The lowest BCUT2D eigenvalue weighted by Gasteiger charge is -2.06. The van der Waals surface area contributed by atoms with Gasteiger partial charge in [0, 0.05) is 29.7 Å². The highest BCUT2D eigenvalue weighted by Gasteiger charge is 2.14. The Morgan fingerprint density at radius 1 is 1.17 bits per heavy atom. The quantitative estimate of drug-likeness (QED) is 0.817. The monoisotopic (exact) mass is 333 g/mol. The number of hydrogen-bond acceptors (Lipinski definition) is 4. The maximum absolute atomic E-state index is 13.5. The minimum absolute atomic E-state index is 0.0788. The minimum Gasteiger partial charge on any atom is -0.454 e. The first-order valence-electron chi connectivity index (χ1n) is 7.23. The smallest absolute Gasteiger partial charge is 0.231 e. The van der Waals surface area contributed by atoms with Gasteiger partial charge in [0.15, 0.2) is 11.5 Å². The molecule has 6 heteroatoms. The number of halogens is 1. The zero-order valence-corrected chi connectivity index (χ0v) is 13.2. The molecular weight excluding hydrogens is 317 g/mol. The second-order valence-corrected chi connectivity index (χ2v) is 6.12. The Bertz CT molecular complexity index is 708. The summed E-state index contributed by atoms with van der Waals surface area (Å²) in [6.45, 7) is 0.208. The molecule has 1 heterocycles. The molecule has 0 bridgehead atoms. The first-order chi connectivity index (χ1) is 11.2. The van der Waals surface area contributed by atoms with Crippen LogP contribution in [0.5, 0.6) is 11.5 Å². The number of ether oxygens (including phenoxy) is 2. The summed E-state index contributed by atoms with van der Waals surface area (Å²) >= 11 is 1.53. The molecule has 23 heavy (non-hydrogen) atoms. The predicted molar refractivity (Wildman–Crippen MR) is 88.4 cm³/mol. The molecule has 4 nitrogen and oxygen atoms in total. The molecule has 0 saturated carbocycles. The Balaban J connectivity index is 1.42. The van der Waals surface area contributed by atoms with Crippen molar-refractivity contribution in [3.8, 4) is 11.5 Å². The molecule has 2 aromatic carbocycles. The molecule has 0 unspecified atom stereocenters. The summed E-state index contributed by atoms with van der Waals surface area (Å²) in [6, 6.07) is 12.0. The predicted octanol–water partition coefficient (Wildman–Crippen LogP) is 3.82. The van der Waals surface area contributed by atoms with Crippen LogP contribution in [0.3, 0.4) is 0 Å². The van der Waals surface area contributed by atoms with Gasteiger partial charge in [0.1, 0.15) is 5.82 Å².